The minimum atomic E-state index is 1.20. The van der Waals surface area contributed by atoms with Crippen molar-refractivity contribution in [1.82, 2.24) is 0 Å². The Bertz CT molecular complexity index is 1700. The molecule has 1 aromatic heterocycles. The maximum absolute atomic E-state index is 2.43. The van der Waals surface area contributed by atoms with Crippen LogP contribution < -0.4 is 0 Å². The summed E-state index contributed by atoms with van der Waals surface area (Å²) < 4.78 is 1.39. The van der Waals surface area contributed by atoms with Crippen molar-refractivity contribution in [3.63, 3.8) is 0 Å². The summed E-state index contributed by atoms with van der Waals surface area (Å²) in [6, 6.07) is 34.4. The van der Waals surface area contributed by atoms with E-state index < -0.39 is 0 Å². The molecule has 198 valence electrons. The van der Waals surface area contributed by atoms with Crippen LogP contribution in [0.5, 0.6) is 0 Å². The Morgan fingerprint density at radius 1 is 0.487 bits per heavy atom. The first-order valence-electron chi connectivity index (χ1n) is 15.2. The van der Waals surface area contributed by atoms with Crippen molar-refractivity contribution in [2.75, 3.05) is 0 Å². The number of fused-ring (bicyclic) bond motifs is 6. The zero-order valence-corrected chi connectivity index (χ0v) is 24.2. The van der Waals surface area contributed by atoms with Crippen molar-refractivity contribution in [3.8, 4) is 10.4 Å². The lowest BCUT2D eigenvalue weighted by atomic mass is 9.96. The second-order valence-corrected chi connectivity index (χ2v) is 12.4. The minimum absolute atomic E-state index is 1.20. The lowest BCUT2D eigenvalue weighted by molar-refractivity contribution is 0.556. The summed E-state index contributed by atoms with van der Waals surface area (Å²) in [5.41, 5.74) is 2.81. The molecule has 1 heterocycles. The summed E-state index contributed by atoms with van der Waals surface area (Å²) >= 11 is 1.92. The molecule has 39 heavy (non-hydrogen) atoms. The Labute approximate surface area is 237 Å². The van der Waals surface area contributed by atoms with Crippen molar-refractivity contribution >= 4 is 53.7 Å². The first-order chi connectivity index (χ1) is 19.3. The van der Waals surface area contributed by atoms with Crippen LogP contribution in [0.15, 0.2) is 91.0 Å². The van der Waals surface area contributed by atoms with Gasteiger partial charge in [-0.2, -0.15) is 0 Å². The molecule has 0 saturated carbocycles. The molecule has 0 atom stereocenters. The zero-order valence-electron chi connectivity index (χ0n) is 23.3. The SMILES string of the molecule is CCCCCCCCCCCCc1ccc2sc(-c3ccc4c(ccc5c6ccccc6ccc45)c3)cc2c1. The van der Waals surface area contributed by atoms with Gasteiger partial charge in [-0.1, -0.05) is 138 Å². The van der Waals surface area contributed by atoms with Crippen molar-refractivity contribution in [2.24, 2.45) is 0 Å². The smallest absolute Gasteiger partial charge is 0.0355 e. The lowest BCUT2D eigenvalue weighted by Crippen LogP contribution is -1.86. The summed E-state index contributed by atoms with van der Waals surface area (Å²) in [5, 5.41) is 9.36. The third kappa shape index (κ3) is 5.89. The van der Waals surface area contributed by atoms with Gasteiger partial charge in [0.1, 0.15) is 0 Å². The summed E-state index contributed by atoms with van der Waals surface area (Å²) in [6.45, 7) is 2.29. The highest BCUT2D eigenvalue weighted by molar-refractivity contribution is 7.22. The largest absolute Gasteiger partial charge is 0.135 e. The molecule has 0 fully saturated rings. The Hall–Kier alpha value is -3.16. The third-order valence-electron chi connectivity index (χ3n) is 8.43. The molecule has 6 aromatic rings. The van der Waals surface area contributed by atoms with Gasteiger partial charge < -0.3 is 0 Å². The van der Waals surface area contributed by atoms with Crippen LogP contribution in [-0.2, 0) is 6.42 Å². The molecule has 1 heteroatoms. The second kappa shape index (κ2) is 12.3. The van der Waals surface area contributed by atoms with Crippen LogP contribution in [-0.4, -0.2) is 0 Å². The van der Waals surface area contributed by atoms with Gasteiger partial charge in [0.2, 0.25) is 0 Å². The van der Waals surface area contributed by atoms with Crippen LogP contribution in [0.25, 0.3) is 52.8 Å². The number of thiophene rings is 1. The molecule has 0 bridgehead atoms. The van der Waals surface area contributed by atoms with E-state index in [1.807, 2.05) is 11.3 Å². The van der Waals surface area contributed by atoms with Crippen LogP contribution in [0, 0.1) is 0 Å². The van der Waals surface area contributed by atoms with E-state index in [0.29, 0.717) is 0 Å². The molecule has 0 aliphatic heterocycles. The molecule has 0 amide bonds. The van der Waals surface area contributed by atoms with Crippen molar-refractivity contribution in [1.29, 1.82) is 0 Å². The average Bonchev–Trinajstić information content (AvgIpc) is 3.41. The summed E-state index contributed by atoms with van der Waals surface area (Å²) in [6.07, 6.45) is 15.2. The van der Waals surface area contributed by atoms with Crippen LogP contribution in [0.2, 0.25) is 0 Å². The van der Waals surface area contributed by atoms with Gasteiger partial charge in [-0.3, -0.25) is 0 Å². The van der Waals surface area contributed by atoms with E-state index in [-0.39, 0.29) is 0 Å². The van der Waals surface area contributed by atoms with Crippen molar-refractivity contribution in [2.45, 2.75) is 77.6 Å². The van der Waals surface area contributed by atoms with Crippen molar-refractivity contribution < 1.29 is 0 Å². The maximum atomic E-state index is 2.43. The van der Waals surface area contributed by atoms with Gasteiger partial charge in [0, 0.05) is 9.58 Å². The molecule has 0 saturated heterocycles. The van der Waals surface area contributed by atoms with Crippen LogP contribution >= 0.6 is 11.3 Å². The van der Waals surface area contributed by atoms with E-state index in [4.69, 9.17) is 0 Å². The Kier molecular flexibility index (Phi) is 8.26. The number of rotatable bonds is 12. The van der Waals surface area contributed by atoms with Gasteiger partial charge >= 0.3 is 0 Å². The molecule has 0 nitrogen and oxygen atoms in total. The Morgan fingerprint density at radius 2 is 1.15 bits per heavy atom. The van der Waals surface area contributed by atoms with E-state index in [9.17, 15) is 0 Å². The number of benzene rings is 5. The minimum Gasteiger partial charge on any atom is -0.135 e. The highest BCUT2D eigenvalue weighted by atomic mass is 32.1. The standard InChI is InChI=1S/C38H40S/c1-2-3-4-5-6-7-8-9-10-11-14-28-17-24-37-32(25-28)27-38(39-37)31-20-21-34-30(26-31)19-23-35-33-16-13-12-15-29(33)18-22-36(34)35/h12-13,15-27H,2-11,14H2,1H3. The molecule has 0 radical (unpaired) electrons. The molecule has 0 spiro atoms. The summed E-state index contributed by atoms with van der Waals surface area (Å²) in [4.78, 5) is 1.36. The summed E-state index contributed by atoms with van der Waals surface area (Å²) in [7, 11) is 0. The fraction of sp³-hybridized carbons (Fsp3) is 0.316. The number of unbranched alkanes of at least 4 members (excludes halogenated alkanes) is 9. The maximum Gasteiger partial charge on any atom is 0.0355 e. The van der Waals surface area contributed by atoms with E-state index >= 15 is 0 Å². The van der Waals surface area contributed by atoms with E-state index in [1.165, 1.54) is 129 Å². The zero-order chi connectivity index (χ0) is 26.4. The van der Waals surface area contributed by atoms with Crippen molar-refractivity contribution in [3.05, 3.63) is 96.6 Å². The third-order valence-corrected chi connectivity index (χ3v) is 9.59. The van der Waals surface area contributed by atoms with Crippen LogP contribution in [0.3, 0.4) is 0 Å². The van der Waals surface area contributed by atoms with Gasteiger partial charge in [-0.25, -0.2) is 0 Å². The highest BCUT2D eigenvalue weighted by Gasteiger charge is 2.09. The highest BCUT2D eigenvalue weighted by Crippen LogP contribution is 2.37. The van der Waals surface area contributed by atoms with Gasteiger partial charge in [0.15, 0.2) is 0 Å². The lowest BCUT2D eigenvalue weighted by Gasteiger charge is -2.08. The molecule has 0 unspecified atom stereocenters. The predicted molar refractivity (Wildman–Crippen MR) is 175 cm³/mol. The normalized spacial score (nSPS) is 11.8. The van der Waals surface area contributed by atoms with Gasteiger partial charge in [0.05, 0.1) is 0 Å². The van der Waals surface area contributed by atoms with Crippen LogP contribution in [0.1, 0.15) is 76.7 Å². The van der Waals surface area contributed by atoms with Gasteiger partial charge in [-0.15, -0.1) is 11.3 Å². The molecule has 0 aliphatic carbocycles. The fourth-order valence-corrected chi connectivity index (χ4v) is 7.23. The second-order valence-electron chi connectivity index (χ2n) is 11.3. The molecule has 0 N–H and O–H groups in total. The first-order valence-corrected chi connectivity index (χ1v) is 16.0. The molecule has 6 rings (SSSR count). The average molecular weight is 529 g/mol. The van der Waals surface area contributed by atoms with E-state index in [1.54, 1.807) is 0 Å². The monoisotopic (exact) mass is 528 g/mol. The number of aryl methyl sites for hydroxylation is 1. The molecular weight excluding hydrogens is 488 g/mol. The quantitative estimate of drug-likeness (QED) is 0.109. The van der Waals surface area contributed by atoms with Crippen LogP contribution in [0.4, 0.5) is 0 Å². The number of hydrogen-bond acceptors (Lipinski definition) is 1. The molecule has 0 aliphatic rings. The van der Waals surface area contributed by atoms with Gasteiger partial charge in [0.25, 0.3) is 0 Å². The number of hydrogen-bond donors (Lipinski definition) is 0. The molecule has 5 aromatic carbocycles. The van der Waals surface area contributed by atoms with E-state index in [2.05, 4.69) is 97.9 Å². The first kappa shape index (κ1) is 26.1. The fourth-order valence-electron chi connectivity index (χ4n) is 6.19. The molecular formula is C38H40S. The van der Waals surface area contributed by atoms with Gasteiger partial charge in [-0.05, 0) is 79.9 Å². The topological polar surface area (TPSA) is 0 Å². The Balaban J connectivity index is 1.12. The predicted octanol–water partition coefficient (Wildman–Crippen LogP) is 12.5. The summed E-state index contributed by atoms with van der Waals surface area (Å²) in [5.74, 6) is 0. The van der Waals surface area contributed by atoms with E-state index in [0.717, 1.165) is 0 Å². The Morgan fingerprint density at radius 3 is 1.95 bits per heavy atom.